The Hall–Kier alpha value is -0.120. The number of nitrogens with zero attached hydrogens (tertiary/aromatic N) is 2. The molecule has 0 aromatic carbocycles. The molecule has 0 saturated carbocycles. The lowest BCUT2D eigenvalue weighted by atomic mass is 10.0. The Morgan fingerprint density at radius 3 is 2.40 bits per heavy atom. The molecule has 0 aromatic heterocycles. The van der Waals surface area contributed by atoms with Crippen LogP contribution < -0.4 is 0 Å². The van der Waals surface area contributed by atoms with Crippen molar-refractivity contribution in [1.29, 1.82) is 0 Å². The van der Waals surface area contributed by atoms with Crippen LogP contribution in [-0.4, -0.2) is 59.3 Å². The lowest BCUT2D eigenvalue weighted by Crippen LogP contribution is -2.58. The third kappa shape index (κ3) is 3.74. The Morgan fingerprint density at radius 2 is 1.93 bits per heavy atom. The molecule has 1 heterocycles. The average molecular weight is 214 g/mol. The minimum atomic E-state index is 0.280. The Balaban J connectivity index is 2.41. The molecule has 1 N–H and O–H groups in total. The maximum atomic E-state index is 8.81. The van der Waals surface area contributed by atoms with Crippen LogP contribution in [0, 0.1) is 0 Å². The predicted octanol–water partition coefficient (Wildman–Crippen LogP) is 1.17. The Labute approximate surface area is 94.1 Å². The van der Waals surface area contributed by atoms with E-state index in [0.29, 0.717) is 12.6 Å². The second-order valence-electron chi connectivity index (χ2n) is 5.59. The topological polar surface area (TPSA) is 26.7 Å². The van der Waals surface area contributed by atoms with E-state index in [1.54, 1.807) is 0 Å². The molecule has 1 aliphatic rings. The number of piperazine rings is 1. The molecule has 1 unspecified atom stereocenters. The fourth-order valence-electron chi connectivity index (χ4n) is 2.53. The first-order chi connectivity index (χ1) is 6.95. The van der Waals surface area contributed by atoms with Gasteiger partial charge < -0.3 is 10.0 Å². The van der Waals surface area contributed by atoms with Crippen molar-refractivity contribution in [2.45, 2.75) is 45.7 Å². The summed E-state index contributed by atoms with van der Waals surface area (Å²) in [5.41, 5.74) is 0.280. The monoisotopic (exact) mass is 214 g/mol. The summed E-state index contributed by atoms with van der Waals surface area (Å²) < 4.78 is 0. The molecule has 90 valence electrons. The molecule has 1 fully saturated rings. The predicted molar refractivity (Wildman–Crippen MR) is 64.1 cm³/mol. The smallest absolute Gasteiger partial charge is 0.0443 e. The molecule has 0 radical (unpaired) electrons. The number of rotatable bonds is 3. The standard InChI is InChI=1S/C12H26N2O/c1-11-10-13(6-5-9-15)7-8-14(11)12(2,3)4/h11,15H,5-10H2,1-4H3. The van der Waals surface area contributed by atoms with Crippen molar-refractivity contribution in [2.24, 2.45) is 0 Å². The summed E-state index contributed by atoms with van der Waals surface area (Å²) >= 11 is 0. The van der Waals surface area contributed by atoms with Crippen molar-refractivity contribution in [3.63, 3.8) is 0 Å². The minimum Gasteiger partial charge on any atom is -0.396 e. The Kier molecular flexibility index (Phi) is 4.56. The lowest BCUT2D eigenvalue weighted by molar-refractivity contribution is 0.0163. The van der Waals surface area contributed by atoms with E-state index >= 15 is 0 Å². The van der Waals surface area contributed by atoms with Crippen LogP contribution >= 0.6 is 0 Å². The summed E-state index contributed by atoms with van der Waals surface area (Å²) in [5.74, 6) is 0. The van der Waals surface area contributed by atoms with Gasteiger partial charge in [0, 0.05) is 44.4 Å². The number of aliphatic hydroxyl groups excluding tert-OH is 1. The zero-order valence-corrected chi connectivity index (χ0v) is 10.7. The van der Waals surface area contributed by atoms with E-state index in [2.05, 4.69) is 37.5 Å². The van der Waals surface area contributed by atoms with E-state index in [1.807, 2.05) is 0 Å². The van der Waals surface area contributed by atoms with Crippen molar-refractivity contribution >= 4 is 0 Å². The molecule has 0 bridgehead atoms. The molecule has 0 spiro atoms. The molecular weight excluding hydrogens is 188 g/mol. The molecule has 1 saturated heterocycles. The van der Waals surface area contributed by atoms with Gasteiger partial charge >= 0.3 is 0 Å². The Morgan fingerprint density at radius 1 is 1.27 bits per heavy atom. The maximum Gasteiger partial charge on any atom is 0.0443 e. The molecule has 0 aromatic rings. The minimum absolute atomic E-state index is 0.280. The van der Waals surface area contributed by atoms with Gasteiger partial charge in [-0.15, -0.1) is 0 Å². The Bertz CT molecular complexity index is 189. The van der Waals surface area contributed by atoms with Gasteiger partial charge in [-0.2, -0.15) is 0 Å². The summed E-state index contributed by atoms with van der Waals surface area (Å²) in [4.78, 5) is 5.03. The number of hydrogen-bond donors (Lipinski definition) is 1. The van der Waals surface area contributed by atoms with E-state index in [0.717, 1.165) is 32.6 Å². The van der Waals surface area contributed by atoms with E-state index in [4.69, 9.17) is 5.11 Å². The SMILES string of the molecule is CC1CN(CCCO)CCN1C(C)(C)C. The van der Waals surface area contributed by atoms with Gasteiger partial charge in [0.2, 0.25) is 0 Å². The first-order valence-corrected chi connectivity index (χ1v) is 6.05. The molecule has 1 atom stereocenters. The lowest BCUT2D eigenvalue weighted by Gasteiger charge is -2.46. The first kappa shape index (κ1) is 12.9. The van der Waals surface area contributed by atoms with E-state index in [9.17, 15) is 0 Å². The van der Waals surface area contributed by atoms with E-state index in [1.165, 1.54) is 0 Å². The van der Waals surface area contributed by atoms with Crippen molar-refractivity contribution in [3.8, 4) is 0 Å². The van der Waals surface area contributed by atoms with Gasteiger partial charge in [0.25, 0.3) is 0 Å². The van der Waals surface area contributed by atoms with Crippen LogP contribution in [0.15, 0.2) is 0 Å². The van der Waals surface area contributed by atoms with Crippen LogP contribution in [0.2, 0.25) is 0 Å². The van der Waals surface area contributed by atoms with Crippen LogP contribution in [0.1, 0.15) is 34.1 Å². The zero-order chi connectivity index (χ0) is 11.5. The van der Waals surface area contributed by atoms with Crippen molar-refractivity contribution in [3.05, 3.63) is 0 Å². The first-order valence-electron chi connectivity index (χ1n) is 6.05. The van der Waals surface area contributed by atoms with E-state index < -0.39 is 0 Å². The molecular formula is C12H26N2O. The highest BCUT2D eigenvalue weighted by molar-refractivity contribution is 4.87. The maximum absolute atomic E-state index is 8.81. The second kappa shape index (κ2) is 5.28. The highest BCUT2D eigenvalue weighted by atomic mass is 16.3. The quantitative estimate of drug-likeness (QED) is 0.764. The third-order valence-corrected chi connectivity index (χ3v) is 3.21. The fourth-order valence-corrected chi connectivity index (χ4v) is 2.53. The summed E-state index contributed by atoms with van der Waals surface area (Å²) in [7, 11) is 0. The van der Waals surface area contributed by atoms with Crippen molar-refractivity contribution in [2.75, 3.05) is 32.8 Å². The highest BCUT2D eigenvalue weighted by Gasteiger charge is 2.30. The molecule has 3 heteroatoms. The van der Waals surface area contributed by atoms with Gasteiger partial charge in [-0.05, 0) is 34.1 Å². The summed E-state index contributed by atoms with van der Waals surface area (Å²) in [6.07, 6.45) is 0.905. The summed E-state index contributed by atoms with van der Waals surface area (Å²) in [6.45, 7) is 13.9. The fraction of sp³-hybridized carbons (Fsp3) is 1.00. The number of hydrogen-bond acceptors (Lipinski definition) is 3. The van der Waals surface area contributed by atoms with Gasteiger partial charge in [-0.3, -0.25) is 4.90 Å². The molecule has 0 amide bonds. The summed E-state index contributed by atoms with van der Waals surface area (Å²) in [5, 5.41) is 8.81. The van der Waals surface area contributed by atoms with Gasteiger partial charge in [-0.25, -0.2) is 0 Å². The van der Waals surface area contributed by atoms with Crippen LogP contribution in [0.5, 0.6) is 0 Å². The van der Waals surface area contributed by atoms with Gasteiger partial charge in [0.15, 0.2) is 0 Å². The van der Waals surface area contributed by atoms with Gasteiger partial charge in [-0.1, -0.05) is 0 Å². The highest BCUT2D eigenvalue weighted by Crippen LogP contribution is 2.20. The van der Waals surface area contributed by atoms with Gasteiger partial charge in [0.05, 0.1) is 0 Å². The largest absolute Gasteiger partial charge is 0.396 e. The zero-order valence-electron chi connectivity index (χ0n) is 10.7. The number of aliphatic hydroxyl groups is 1. The second-order valence-corrected chi connectivity index (χ2v) is 5.59. The average Bonchev–Trinajstić information content (AvgIpc) is 2.12. The molecule has 0 aliphatic carbocycles. The van der Waals surface area contributed by atoms with E-state index in [-0.39, 0.29) is 5.54 Å². The normalized spacial score (nSPS) is 25.8. The molecule has 1 aliphatic heterocycles. The molecule has 15 heavy (non-hydrogen) atoms. The van der Waals surface area contributed by atoms with Crippen molar-refractivity contribution in [1.82, 2.24) is 9.80 Å². The van der Waals surface area contributed by atoms with Crippen LogP contribution in [0.25, 0.3) is 0 Å². The van der Waals surface area contributed by atoms with Crippen LogP contribution in [0.3, 0.4) is 0 Å². The van der Waals surface area contributed by atoms with Gasteiger partial charge in [0.1, 0.15) is 0 Å². The van der Waals surface area contributed by atoms with Crippen LogP contribution in [0.4, 0.5) is 0 Å². The third-order valence-electron chi connectivity index (χ3n) is 3.21. The summed E-state index contributed by atoms with van der Waals surface area (Å²) in [6, 6.07) is 0.623. The van der Waals surface area contributed by atoms with Crippen LogP contribution in [-0.2, 0) is 0 Å². The van der Waals surface area contributed by atoms with Crippen molar-refractivity contribution < 1.29 is 5.11 Å². The molecule has 1 rings (SSSR count). The molecule has 3 nitrogen and oxygen atoms in total.